The molecule has 0 radical (unpaired) electrons. The van der Waals surface area contributed by atoms with Crippen molar-refractivity contribution in [2.24, 2.45) is 5.73 Å². The number of methoxy groups -OCH3 is 1. The second-order valence-corrected chi connectivity index (χ2v) is 6.09. The fraction of sp³-hybridized carbons (Fsp3) is 0.267. The molecule has 2 N–H and O–H groups in total. The maximum atomic E-state index is 6.12. The Balaban J connectivity index is 2.24. The van der Waals surface area contributed by atoms with Gasteiger partial charge < -0.3 is 10.5 Å². The van der Waals surface area contributed by atoms with Gasteiger partial charge in [-0.15, -0.1) is 0 Å². The van der Waals surface area contributed by atoms with Crippen molar-refractivity contribution in [1.82, 2.24) is 4.98 Å². The van der Waals surface area contributed by atoms with Crippen molar-refractivity contribution in [3.63, 3.8) is 0 Å². The van der Waals surface area contributed by atoms with E-state index in [0.29, 0.717) is 5.02 Å². The second kappa shape index (κ2) is 6.97. The van der Waals surface area contributed by atoms with Crippen LogP contribution in [-0.2, 0) is 0 Å². The Morgan fingerprint density at radius 3 is 2.70 bits per heavy atom. The average molecular weight is 309 g/mol. The first kappa shape index (κ1) is 15.2. The van der Waals surface area contributed by atoms with Gasteiger partial charge in [-0.05, 0) is 36.8 Å². The lowest BCUT2D eigenvalue weighted by Gasteiger charge is -2.20. The Bertz CT molecular complexity index is 560. The van der Waals surface area contributed by atoms with Crippen LogP contribution in [-0.4, -0.2) is 18.1 Å². The van der Waals surface area contributed by atoms with Gasteiger partial charge >= 0.3 is 0 Å². The van der Waals surface area contributed by atoms with Crippen LogP contribution < -0.4 is 10.5 Å². The molecule has 3 nitrogen and oxygen atoms in total. The fourth-order valence-electron chi connectivity index (χ4n) is 1.86. The minimum absolute atomic E-state index is 0.00964. The first-order valence-electron chi connectivity index (χ1n) is 6.28. The van der Waals surface area contributed by atoms with Crippen LogP contribution in [0.2, 0.25) is 5.02 Å². The van der Waals surface area contributed by atoms with Gasteiger partial charge in [0.2, 0.25) is 0 Å². The van der Waals surface area contributed by atoms with Crippen LogP contribution in [0.25, 0.3) is 0 Å². The number of halogens is 1. The molecule has 2 unspecified atom stereocenters. The maximum Gasteiger partial charge on any atom is 0.119 e. The molecule has 0 saturated heterocycles. The average Bonchev–Trinajstić information content (AvgIpc) is 2.46. The predicted molar refractivity (Wildman–Crippen MR) is 84.5 cm³/mol. The molecule has 0 saturated carbocycles. The van der Waals surface area contributed by atoms with Crippen LogP contribution >= 0.6 is 23.4 Å². The zero-order valence-electron chi connectivity index (χ0n) is 11.4. The van der Waals surface area contributed by atoms with E-state index in [2.05, 4.69) is 11.1 Å². The van der Waals surface area contributed by atoms with E-state index < -0.39 is 0 Å². The summed E-state index contributed by atoms with van der Waals surface area (Å²) in [5.74, 6) is 0.831. The summed E-state index contributed by atoms with van der Waals surface area (Å²) in [6.07, 6.45) is 1.65. The Morgan fingerprint density at radius 2 is 2.10 bits per heavy atom. The van der Waals surface area contributed by atoms with E-state index >= 15 is 0 Å². The number of rotatable bonds is 5. The van der Waals surface area contributed by atoms with Crippen LogP contribution in [0.5, 0.6) is 5.75 Å². The first-order valence-corrected chi connectivity index (χ1v) is 7.53. The molecule has 0 spiro atoms. The number of nitrogens with two attached hydrogens (primary N) is 1. The van der Waals surface area contributed by atoms with Gasteiger partial charge in [0.15, 0.2) is 0 Å². The third-order valence-corrected chi connectivity index (χ3v) is 4.51. The molecular formula is C15H17ClN2OS. The molecule has 5 heteroatoms. The molecule has 2 aromatic rings. The van der Waals surface area contributed by atoms with Crippen LogP contribution in [0, 0.1) is 0 Å². The standard InChI is InChI=1S/C15H17ClN2OS/c1-10(17)15(11-4-3-5-13(8-11)19-2)20-14-7-6-12(16)9-18-14/h3-10,15H,17H2,1-2H3. The molecule has 1 aromatic carbocycles. The molecule has 2 atom stereocenters. The lowest BCUT2D eigenvalue weighted by Crippen LogP contribution is -2.22. The van der Waals surface area contributed by atoms with Crippen molar-refractivity contribution in [2.75, 3.05) is 7.11 Å². The minimum atomic E-state index is -0.00964. The number of pyridine rings is 1. The van der Waals surface area contributed by atoms with Gasteiger partial charge in [0.1, 0.15) is 5.75 Å². The number of aromatic nitrogens is 1. The smallest absolute Gasteiger partial charge is 0.119 e. The summed E-state index contributed by atoms with van der Waals surface area (Å²) in [6, 6.07) is 11.7. The van der Waals surface area contributed by atoms with E-state index in [0.717, 1.165) is 16.3 Å². The number of hydrogen-bond acceptors (Lipinski definition) is 4. The molecule has 0 fully saturated rings. The first-order chi connectivity index (χ1) is 9.60. The minimum Gasteiger partial charge on any atom is -0.497 e. The molecule has 0 aliphatic heterocycles. The lowest BCUT2D eigenvalue weighted by molar-refractivity contribution is 0.414. The number of ether oxygens (including phenoxy) is 1. The molecule has 2 rings (SSSR count). The third kappa shape index (κ3) is 3.88. The zero-order chi connectivity index (χ0) is 14.5. The molecule has 0 bridgehead atoms. The monoisotopic (exact) mass is 308 g/mol. The Kier molecular flexibility index (Phi) is 5.29. The van der Waals surface area contributed by atoms with E-state index in [1.54, 1.807) is 25.1 Å². The van der Waals surface area contributed by atoms with Crippen LogP contribution in [0.1, 0.15) is 17.7 Å². The molecule has 0 aliphatic carbocycles. The highest BCUT2D eigenvalue weighted by atomic mass is 35.5. The largest absolute Gasteiger partial charge is 0.497 e. The summed E-state index contributed by atoms with van der Waals surface area (Å²) >= 11 is 7.48. The lowest BCUT2D eigenvalue weighted by atomic mass is 10.1. The molecule has 1 heterocycles. The second-order valence-electron chi connectivity index (χ2n) is 4.49. The molecule has 0 amide bonds. The van der Waals surface area contributed by atoms with Crippen molar-refractivity contribution in [3.05, 3.63) is 53.2 Å². The Labute approximate surface area is 128 Å². The highest BCUT2D eigenvalue weighted by Gasteiger charge is 2.19. The molecule has 1 aromatic heterocycles. The van der Waals surface area contributed by atoms with Gasteiger partial charge in [-0.3, -0.25) is 0 Å². The molecule has 106 valence electrons. The van der Waals surface area contributed by atoms with Gasteiger partial charge in [0, 0.05) is 12.2 Å². The van der Waals surface area contributed by atoms with Crippen LogP contribution in [0.3, 0.4) is 0 Å². The molecular weight excluding hydrogens is 292 g/mol. The van der Waals surface area contributed by atoms with Crippen molar-refractivity contribution in [1.29, 1.82) is 0 Å². The summed E-state index contributed by atoms with van der Waals surface area (Å²) in [5.41, 5.74) is 7.25. The van der Waals surface area contributed by atoms with Gasteiger partial charge in [-0.2, -0.15) is 0 Å². The van der Waals surface area contributed by atoms with Crippen molar-refractivity contribution < 1.29 is 4.74 Å². The fourth-order valence-corrected chi connectivity index (χ4v) is 2.99. The molecule has 20 heavy (non-hydrogen) atoms. The number of nitrogens with zero attached hydrogens (tertiary/aromatic N) is 1. The van der Waals surface area contributed by atoms with Gasteiger partial charge in [-0.1, -0.05) is 35.5 Å². The molecule has 0 aliphatic rings. The van der Waals surface area contributed by atoms with E-state index in [4.69, 9.17) is 22.1 Å². The maximum absolute atomic E-state index is 6.12. The van der Waals surface area contributed by atoms with E-state index in [1.807, 2.05) is 37.3 Å². The SMILES string of the molecule is COc1cccc(C(Sc2ccc(Cl)cn2)C(C)N)c1. The van der Waals surface area contributed by atoms with Gasteiger partial charge in [-0.25, -0.2) is 4.98 Å². The normalized spacial score (nSPS) is 13.8. The highest BCUT2D eigenvalue weighted by Crippen LogP contribution is 2.37. The Hall–Kier alpha value is -1.23. The summed E-state index contributed by atoms with van der Waals surface area (Å²) in [6.45, 7) is 1.99. The predicted octanol–water partition coefficient (Wildman–Crippen LogP) is 3.92. The van der Waals surface area contributed by atoms with Crippen molar-refractivity contribution >= 4 is 23.4 Å². The zero-order valence-corrected chi connectivity index (χ0v) is 13.0. The van der Waals surface area contributed by atoms with Gasteiger partial charge in [0.05, 0.1) is 22.4 Å². The quantitative estimate of drug-likeness (QED) is 0.850. The van der Waals surface area contributed by atoms with Crippen molar-refractivity contribution in [2.45, 2.75) is 23.2 Å². The van der Waals surface area contributed by atoms with Crippen LogP contribution in [0.15, 0.2) is 47.6 Å². The van der Waals surface area contributed by atoms with Crippen molar-refractivity contribution in [3.8, 4) is 5.75 Å². The third-order valence-electron chi connectivity index (χ3n) is 2.85. The van der Waals surface area contributed by atoms with E-state index in [9.17, 15) is 0 Å². The van der Waals surface area contributed by atoms with E-state index in [1.165, 1.54) is 0 Å². The highest BCUT2D eigenvalue weighted by molar-refractivity contribution is 7.99. The summed E-state index contributed by atoms with van der Waals surface area (Å²) < 4.78 is 5.27. The number of benzene rings is 1. The summed E-state index contributed by atoms with van der Waals surface area (Å²) in [5, 5.41) is 1.64. The number of thioether (sulfide) groups is 1. The topological polar surface area (TPSA) is 48.1 Å². The Morgan fingerprint density at radius 1 is 1.30 bits per heavy atom. The van der Waals surface area contributed by atoms with E-state index in [-0.39, 0.29) is 11.3 Å². The summed E-state index contributed by atoms with van der Waals surface area (Å²) in [7, 11) is 1.66. The van der Waals surface area contributed by atoms with Crippen LogP contribution in [0.4, 0.5) is 0 Å². The summed E-state index contributed by atoms with van der Waals surface area (Å²) in [4.78, 5) is 4.31. The number of hydrogen-bond donors (Lipinski definition) is 1. The van der Waals surface area contributed by atoms with Gasteiger partial charge in [0.25, 0.3) is 0 Å².